The molecule has 4 amide bonds. The number of nitro groups is 1. The third-order valence-corrected chi connectivity index (χ3v) is 6.65. The second-order valence-electron chi connectivity index (χ2n) is 8.57. The number of nitrogens with one attached hydrogen (secondary N) is 2. The Labute approximate surface area is 243 Å². The van der Waals surface area contributed by atoms with Crippen molar-refractivity contribution < 1.29 is 38.3 Å². The topological polar surface area (TPSA) is 166 Å². The van der Waals surface area contributed by atoms with Gasteiger partial charge in [0.05, 0.1) is 29.7 Å². The Morgan fingerprint density at radius 3 is 2.43 bits per heavy atom. The maximum Gasteiger partial charge on any atom is 0.294 e. The van der Waals surface area contributed by atoms with E-state index in [4.69, 9.17) is 14.2 Å². The van der Waals surface area contributed by atoms with Crippen molar-refractivity contribution in [2.45, 2.75) is 0 Å². The summed E-state index contributed by atoms with van der Waals surface area (Å²) in [6, 6.07) is 16.9. The molecule has 0 radical (unpaired) electrons. The van der Waals surface area contributed by atoms with E-state index in [1.54, 1.807) is 36.4 Å². The molecule has 14 heteroatoms. The number of rotatable bonds is 11. The highest BCUT2D eigenvalue weighted by Crippen LogP contribution is 2.35. The Morgan fingerprint density at radius 1 is 0.929 bits per heavy atom. The molecule has 1 heterocycles. The summed E-state index contributed by atoms with van der Waals surface area (Å²) in [5, 5.41) is 15.5. The smallest absolute Gasteiger partial charge is 0.294 e. The van der Waals surface area contributed by atoms with Crippen LogP contribution in [0, 0.1) is 10.1 Å². The van der Waals surface area contributed by atoms with Crippen LogP contribution < -0.4 is 24.8 Å². The second kappa shape index (κ2) is 13.3. The van der Waals surface area contributed by atoms with Crippen LogP contribution >= 0.6 is 11.8 Å². The molecule has 0 aliphatic carbocycles. The fourth-order valence-corrected chi connectivity index (χ4v) is 4.64. The first-order chi connectivity index (χ1) is 20.2. The fourth-order valence-electron chi connectivity index (χ4n) is 3.80. The molecule has 0 atom stereocenters. The van der Waals surface area contributed by atoms with Gasteiger partial charge in [-0.05, 0) is 53.7 Å². The van der Waals surface area contributed by atoms with Crippen molar-refractivity contribution in [2.24, 2.45) is 0 Å². The second-order valence-corrected chi connectivity index (χ2v) is 9.56. The van der Waals surface area contributed by atoms with Gasteiger partial charge in [0.15, 0.2) is 18.1 Å². The van der Waals surface area contributed by atoms with E-state index in [0.29, 0.717) is 28.8 Å². The highest BCUT2D eigenvalue weighted by Gasteiger charge is 2.36. The van der Waals surface area contributed by atoms with Gasteiger partial charge < -0.3 is 24.8 Å². The summed E-state index contributed by atoms with van der Waals surface area (Å²) < 4.78 is 16.1. The molecule has 216 valence electrons. The zero-order valence-electron chi connectivity index (χ0n) is 22.3. The van der Waals surface area contributed by atoms with Crippen molar-refractivity contribution in [3.8, 4) is 17.2 Å². The molecule has 0 aromatic heterocycles. The Bertz CT molecular complexity index is 1590. The number of thioether (sulfide) groups is 1. The summed E-state index contributed by atoms with van der Waals surface area (Å²) in [5.41, 5.74) is 0.985. The van der Waals surface area contributed by atoms with Crippen molar-refractivity contribution >= 4 is 57.9 Å². The summed E-state index contributed by atoms with van der Waals surface area (Å²) in [4.78, 5) is 61.6. The van der Waals surface area contributed by atoms with Crippen LogP contribution in [0.2, 0.25) is 0 Å². The maximum absolute atomic E-state index is 12.9. The molecule has 3 aromatic rings. The first kappa shape index (κ1) is 29.6. The van der Waals surface area contributed by atoms with Gasteiger partial charge >= 0.3 is 0 Å². The summed E-state index contributed by atoms with van der Waals surface area (Å²) in [6.45, 7) is -0.886. The van der Waals surface area contributed by atoms with Crippen molar-refractivity contribution in [3.05, 3.63) is 87.3 Å². The van der Waals surface area contributed by atoms with Crippen molar-refractivity contribution in [1.82, 2.24) is 4.90 Å². The van der Waals surface area contributed by atoms with Gasteiger partial charge in [-0.25, -0.2) is 0 Å². The lowest BCUT2D eigenvalue weighted by atomic mass is 10.2. The average Bonchev–Trinajstić information content (AvgIpc) is 3.23. The van der Waals surface area contributed by atoms with Gasteiger partial charge in [-0.1, -0.05) is 24.3 Å². The van der Waals surface area contributed by atoms with Crippen LogP contribution in [0.3, 0.4) is 0 Å². The zero-order chi connectivity index (χ0) is 30.2. The zero-order valence-corrected chi connectivity index (χ0v) is 23.1. The predicted octanol–water partition coefficient (Wildman–Crippen LogP) is 4.30. The monoisotopic (exact) mass is 592 g/mol. The Balaban J connectivity index is 1.38. The van der Waals surface area contributed by atoms with E-state index in [0.717, 1.165) is 4.90 Å². The van der Waals surface area contributed by atoms with Crippen LogP contribution in [0.4, 0.5) is 21.9 Å². The number of methoxy groups -OCH3 is 2. The highest BCUT2D eigenvalue weighted by molar-refractivity contribution is 8.18. The number of carbonyl (C=O) groups is 4. The van der Waals surface area contributed by atoms with Gasteiger partial charge in [0.2, 0.25) is 5.91 Å². The molecule has 0 bridgehead atoms. The number of nitro benzene ring substituents is 1. The molecule has 0 saturated carbocycles. The number of ether oxygens (including phenoxy) is 3. The van der Waals surface area contributed by atoms with Crippen molar-refractivity contribution in [3.63, 3.8) is 0 Å². The number of imide groups is 1. The lowest BCUT2D eigenvalue weighted by Crippen LogP contribution is -2.36. The fraction of sp³-hybridized carbons (Fsp3) is 0.143. The Hall–Kier alpha value is -5.37. The Morgan fingerprint density at radius 2 is 1.69 bits per heavy atom. The number of non-ortho nitro benzene ring substituents is 1. The lowest BCUT2D eigenvalue weighted by molar-refractivity contribution is -0.384. The van der Waals surface area contributed by atoms with Gasteiger partial charge in [0.1, 0.15) is 12.3 Å². The van der Waals surface area contributed by atoms with Crippen LogP contribution in [0.1, 0.15) is 5.56 Å². The van der Waals surface area contributed by atoms with Gasteiger partial charge in [-0.3, -0.25) is 34.2 Å². The molecular formula is C28H24N4O9S. The number of anilines is 2. The summed E-state index contributed by atoms with van der Waals surface area (Å²) in [5.74, 6) is -0.834. The molecule has 42 heavy (non-hydrogen) atoms. The van der Waals surface area contributed by atoms with Crippen molar-refractivity contribution in [1.29, 1.82) is 0 Å². The molecule has 0 spiro atoms. The molecule has 1 aliphatic heterocycles. The van der Waals surface area contributed by atoms with Crippen LogP contribution in [-0.4, -0.2) is 60.2 Å². The average molecular weight is 593 g/mol. The molecule has 1 saturated heterocycles. The van der Waals surface area contributed by atoms with Crippen LogP contribution in [0.25, 0.3) is 6.08 Å². The molecule has 0 unspecified atom stereocenters. The van der Waals surface area contributed by atoms with E-state index in [9.17, 15) is 29.3 Å². The number of benzene rings is 3. The van der Waals surface area contributed by atoms with Gasteiger partial charge in [-0.15, -0.1) is 0 Å². The minimum absolute atomic E-state index is 0.108. The largest absolute Gasteiger partial charge is 0.495 e. The molecule has 1 aliphatic rings. The molecule has 13 nitrogen and oxygen atoms in total. The predicted molar refractivity (Wildman–Crippen MR) is 155 cm³/mol. The lowest BCUT2D eigenvalue weighted by Gasteiger charge is -2.14. The number of carbonyl (C=O) groups excluding carboxylic acids is 4. The molecule has 4 rings (SSSR count). The summed E-state index contributed by atoms with van der Waals surface area (Å²) in [6.07, 6.45) is 1.48. The highest BCUT2D eigenvalue weighted by atomic mass is 32.2. The quantitative estimate of drug-likeness (QED) is 0.186. The van der Waals surface area contributed by atoms with Crippen LogP contribution in [0.15, 0.2) is 71.6 Å². The number of para-hydroxylation sites is 2. The standard InChI is InChI=1S/C28H24N4O9S/c1-39-21-9-4-3-8-20(21)30-25(33)15-31-27(35)24(42-28(31)36)13-17-10-11-22(23(12-17)40-2)41-16-26(34)29-18-6-5-7-19(14-18)32(37)38/h3-14H,15-16H2,1-2H3,(H,29,34)(H,30,33)/b24-13-. The van der Waals surface area contributed by atoms with Gasteiger partial charge in [-0.2, -0.15) is 0 Å². The SMILES string of the molecule is COc1ccccc1NC(=O)CN1C(=O)S/C(=C\c2ccc(OCC(=O)Nc3cccc([N+](=O)[O-])c3)c(OC)c2)C1=O. The van der Waals surface area contributed by atoms with E-state index in [1.807, 2.05) is 0 Å². The van der Waals surface area contributed by atoms with Gasteiger partial charge in [0.25, 0.3) is 22.7 Å². The van der Waals surface area contributed by atoms with E-state index < -0.39 is 41.0 Å². The van der Waals surface area contributed by atoms with Crippen molar-refractivity contribution in [2.75, 3.05) is 38.0 Å². The van der Waals surface area contributed by atoms with E-state index in [1.165, 1.54) is 50.6 Å². The molecule has 3 aromatic carbocycles. The van der Waals surface area contributed by atoms with Crippen LogP contribution in [0.5, 0.6) is 17.2 Å². The normalized spacial score (nSPS) is 13.6. The third-order valence-electron chi connectivity index (χ3n) is 5.74. The number of nitrogens with zero attached hydrogens (tertiary/aromatic N) is 2. The van der Waals surface area contributed by atoms with E-state index >= 15 is 0 Å². The minimum atomic E-state index is -0.628. The molecular weight excluding hydrogens is 568 g/mol. The summed E-state index contributed by atoms with van der Waals surface area (Å²) in [7, 11) is 2.85. The van der Waals surface area contributed by atoms with E-state index in [2.05, 4.69) is 10.6 Å². The van der Waals surface area contributed by atoms with Crippen LogP contribution in [-0.2, 0) is 14.4 Å². The minimum Gasteiger partial charge on any atom is -0.495 e. The first-order valence-electron chi connectivity index (χ1n) is 12.2. The summed E-state index contributed by atoms with van der Waals surface area (Å²) >= 11 is 0.695. The first-order valence-corrected chi connectivity index (χ1v) is 13.0. The number of hydrogen-bond acceptors (Lipinski definition) is 10. The van der Waals surface area contributed by atoms with Gasteiger partial charge in [0, 0.05) is 17.8 Å². The number of amides is 4. The molecule has 1 fully saturated rings. The number of hydrogen-bond donors (Lipinski definition) is 2. The van der Waals surface area contributed by atoms with E-state index in [-0.39, 0.29) is 27.8 Å². The molecule has 2 N–H and O–H groups in total. The third kappa shape index (κ3) is 7.22. The Kier molecular flexibility index (Phi) is 9.39. The maximum atomic E-state index is 12.9.